The molecule has 1 aromatic heterocycles. The first-order valence-corrected chi connectivity index (χ1v) is 12.6. The van der Waals surface area contributed by atoms with Gasteiger partial charge in [-0.15, -0.1) is 0 Å². The van der Waals surface area contributed by atoms with Crippen molar-refractivity contribution in [2.75, 3.05) is 13.2 Å². The maximum absolute atomic E-state index is 14.9. The van der Waals surface area contributed by atoms with Crippen LogP contribution in [0.15, 0.2) is 67.3 Å². The fourth-order valence-electron chi connectivity index (χ4n) is 3.98. The maximum atomic E-state index is 14.9. The number of aromatic nitrogens is 3. The topological polar surface area (TPSA) is 93.2 Å². The summed E-state index contributed by atoms with van der Waals surface area (Å²) in [7, 11) is 0. The van der Waals surface area contributed by atoms with E-state index >= 15 is 0 Å². The number of thioether (sulfide) groups is 1. The number of halogens is 3. The first-order chi connectivity index (χ1) is 18.2. The SMILES string of the molecule is C[C@@H](SC1(C=CC=Cc2ccc(C#N)cc2F)OCCCO1)[C@](O)(Cn1cncn1)c1ccc(F)cc1F. The van der Waals surface area contributed by atoms with Gasteiger partial charge in [0.2, 0.25) is 5.12 Å². The third kappa shape index (κ3) is 6.34. The standard InChI is InChI=1S/C27H25F3N4O3S/c1-19(26(35,16-34-18-32-17-33-34)23-9-8-22(28)14-25(23)30)38-27(36-11-4-12-37-27)10-3-2-5-21-7-6-20(15-31)13-24(21)29/h2-3,5-10,13-14,17-19,35H,4,11-12,16H2,1H3/t19-,26-/m1/s1. The van der Waals surface area contributed by atoms with E-state index in [9.17, 15) is 18.3 Å². The minimum atomic E-state index is -1.86. The fourth-order valence-corrected chi connectivity index (χ4v) is 5.33. The van der Waals surface area contributed by atoms with Crippen molar-refractivity contribution < 1.29 is 27.8 Å². The molecular formula is C27H25F3N4O3S. The lowest BCUT2D eigenvalue weighted by molar-refractivity contribution is -0.176. The van der Waals surface area contributed by atoms with Crippen LogP contribution in [-0.2, 0) is 21.6 Å². The number of hydrogen-bond acceptors (Lipinski definition) is 7. The van der Waals surface area contributed by atoms with Crippen molar-refractivity contribution in [3.63, 3.8) is 0 Å². The predicted octanol–water partition coefficient (Wildman–Crippen LogP) is 4.94. The molecule has 1 aliphatic rings. The Kier molecular flexibility index (Phi) is 8.69. The van der Waals surface area contributed by atoms with Crippen molar-refractivity contribution in [3.8, 4) is 6.07 Å². The molecule has 7 nitrogen and oxygen atoms in total. The van der Waals surface area contributed by atoms with Crippen LogP contribution in [0.1, 0.15) is 30.0 Å². The van der Waals surface area contributed by atoms with E-state index in [1.807, 2.05) is 6.07 Å². The second-order valence-corrected chi connectivity index (χ2v) is 10.1. The second-order valence-electron chi connectivity index (χ2n) is 8.62. The molecule has 0 radical (unpaired) electrons. The number of nitriles is 1. The van der Waals surface area contributed by atoms with Crippen LogP contribution in [0.2, 0.25) is 0 Å². The van der Waals surface area contributed by atoms with Crippen LogP contribution in [0, 0.1) is 28.8 Å². The van der Waals surface area contributed by atoms with Gasteiger partial charge in [-0.2, -0.15) is 10.4 Å². The highest BCUT2D eigenvalue weighted by atomic mass is 32.2. The lowest BCUT2D eigenvalue weighted by Crippen LogP contribution is -2.46. The average molecular weight is 543 g/mol. The molecule has 0 amide bonds. The molecular weight excluding hydrogens is 517 g/mol. The van der Waals surface area contributed by atoms with Gasteiger partial charge in [-0.05, 0) is 37.6 Å². The van der Waals surface area contributed by atoms with Crippen molar-refractivity contribution >= 4 is 17.8 Å². The molecule has 0 bridgehead atoms. The number of hydrogen-bond donors (Lipinski definition) is 1. The molecule has 1 aliphatic heterocycles. The van der Waals surface area contributed by atoms with Gasteiger partial charge in [0.05, 0.1) is 31.4 Å². The lowest BCUT2D eigenvalue weighted by Gasteiger charge is -2.41. The van der Waals surface area contributed by atoms with E-state index in [-0.39, 0.29) is 17.7 Å². The Hall–Kier alpha value is -3.43. The zero-order valence-corrected chi connectivity index (χ0v) is 21.2. The van der Waals surface area contributed by atoms with E-state index < -0.39 is 33.4 Å². The summed E-state index contributed by atoms with van der Waals surface area (Å²) in [6.45, 7) is 2.28. The van der Waals surface area contributed by atoms with Gasteiger partial charge in [0.15, 0.2) is 0 Å². The Morgan fingerprint density at radius 3 is 2.63 bits per heavy atom. The molecule has 0 unspecified atom stereocenters. The van der Waals surface area contributed by atoms with Gasteiger partial charge < -0.3 is 14.6 Å². The largest absolute Gasteiger partial charge is 0.382 e. The number of nitrogens with zero attached hydrogens (tertiary/aromatic N) is 4. The molecule has 198 valence electrons. The summed E-state index contributed by atoms with van der Waals surface area (Å²) < 4.78 is 56.1. The van der Waals surface area contributed by atoms with E-state index in [0.29, 0.717) is 25.2 Å². The molecule has 1 fully saturated rings. The third-order valence-corrected chi connectivity index (χ3v) is 7.44. The number of benzene rings is 2. The second kappa shape index (κ2) is 12.0. The molecule has 1 saturated heterocycles. The highest BCUT2D eigenvalue weighted by molar-refractivity contribution is 8.01. The van der Waals surface area contributed by atoms with Crippen LogP contribution < -0.4 is 0 Å². The zero-order chi connectivity index (χ0) is 27.2. The van der Waals surface area contributed by atoms with E-state index in [1.54, 1.807) is 25.2 Å². The molecule has 11 heteroatoms. The molecule has 4 rings (SSSR count). The van der Waals surface area contributed by atoms with Crippen molar-refractivity contribution in [2.24, 2.45) is 0 Å². The summed E-state index contributed by atoms with van der Waals surface area (Å²) in [4.78, 5) is 3.89. The van der Waals surface area contributed by atoms with E-state index in [1.165, 1.54) is 41.6 Å². The van der Waals surface area contributed by atoms with E-state index in [0.717, 1.165) is 30.0 Å². The van der Waals surface area contributed by atoms with Gasteiger partial charge in [0.1, 0.15) is 35.7 Å². The quantitative estimate of drug-likeness (QED) is 0.383. The van der Waals surface area contributed by atoms with Gasteiger partial charge >= 0.3 is 0 Å². The molecule has 3 aromatic rings. The predicted molar refractivity (Wildman–Crippen MR) is 136 cm³/mol. The summed E-state index contributed by atoms with van der Waals surface area (Å²) in [6.07, 6.45) is 9.72. The van der Waals surface area contributed by atoms with Crippen LogP contribution in [0.3, 0.4) is 0 Å². The highest BCUT2D eigenvalue weighted by Gasteiger charge is 2.45. The summed E-state index contributed by atoms with van der Waals surface area (Å²) in [5, 5.41) is 22.7. The number of aliphatic hydroxyl groups is 1. The Labute approximate surface area is 222 Å². The van der Waals surface area contributed by atoms with E-state index in [4.69, 9.17) is 14.7 Å². The molecule has 0 saturated carbocycles. The summed E-state index contributed by atoms with van der Waals surface area (Å²) in [5.41, 5.74) is -1.45. The van der Waals surface area contributed by atoms with Gasteiger partial charge in [-0.3, -0.25) is 0 Å². The minimum Gasteiger partial charge on any atom is -0.382 e. The van der Waals surface area contributed by atoms with Crippen LogP contribution >= 0.6 is 11.8 Å². The van der Waals surface area contributed by atoms with Gasteiger partial charge in [-0.1, -0.05) is 42.1 Å². The third-order valence-electron chi connectivity index (χ3n) is 5.99. The molecule has 2 aromatic carbocycles. The first-order valence-electron chi connectivity index (χ1n) is 11.8. The maximum Gasteiger partial charge on any atom is 0.239 e. The van der Waals surface area contributed by atoms with Crippen molar-refractivity contribution in [3.05, 3.63) is 101 Å². The Morgan fingerprint density at radius 2 is 1.97 bits per heavy atom. The van der Waals surface area contributed by atoms with Gasteiger partial charge in [0.25, 0.3) is 0 Å². The van der Waals surface area contributed by atoms with E-state index in [2.05, 4.69) is 10.1 Å². The minimum absolute atomic E-state index is 0.111. The van der Waals surface area contributed by atoms with Crippen LogP contribution in [0.5, 0.6) is 0 Å². The van der Waals surface area contributed by atoms with Crippen molar-refractivity contribution in [1.29, 1.82) is 5.26 Å². The molecule has 38 heavy (non-hydrogen) atoms. The number of rotatable bonds is 9. The van der Waals surface area contributed by atoms with Gasteiger partial charge in [0, 0.05) is 22.4 Å². The molecule has 2 atom stereocenters. The molecule has 0 aliphatic carbocycles. The molecule has 1 N–H and O–H groups in total. The Morgan fingerprint density at radius 1 is 1.18 bits per heavy atom. The normalized spacial score (nSPS) is 17.9. The first kappa shape index (κ1) is 27.6. The number of allylic oxidation sites excluding steroid dienone is 2. The van der Waals surface area contributed by atoms with Crippen molar-refractivity contribution in [2.45, 2.75) is 35.9 Å². The monoisotopic (exact) mass is 542 g/mol. The highest BCUT2D eigenvalue weighted by Crippen LogP contribution is 2.44. The zero-order valence-electron chi connectivity index (χ0n) is 20.4. The van der Waals surface area contributed by atoms with Crippen LogP contribution in [0.25, 0.3) is 6.08 Å². The fraction of sp³-hybridized carbons (Fsp3) is 0.296. The average Bonchev–Trinajstić information content (AvgIpc) is 3.40. The smallest absolute Gasteiger partial charge is 0.239 e. The van der Waals surface area contributed by atoms with Crippen LogP contribution in [0.4, 0.5) is 13.2 Å². The summed E-state index contributed by atoms with van der Waals surface area (Å²) in [5.74, 6) is -2.20. The van der Waals surface area contributed by atoms with Gasteiger partial charge in [-0.25, -0.2) is 22.8 Å². The number of ether oxygens (including phenoxy) is 2. The summed E-state index contributed by atoms with van der Waals surface area (Å²) in [6, 6.07) is 9.06. The Bertz CT molecular complexity index is 1350. The lowest BCUT2D eigenvalue weighted by atomic mass is 9.90. The van der Waals surface area contributed by atoms with Crippen molar-refractivity contribution in [1.82, 2.24) is 14.8 Å². The van der Waals surface area contributed by atoms with Crippen LogP contribution in [-0.4, -0.2) is 43.5 Å². The molecule has 2 heterocycles. The summed E-state index contributed by atoms with van der Waals surface area (Å²) >= 11 is 1.11. The molecule has 0 spiro atoms. The Balaban J connectivity index is 1.61.